The van der Waals surface area contributed by atoms with Crippen LogP contribution < -0.4 is 5.32 Å². The number of nitrogens with zero attached hydrogens (tertiary/aromatic N) is 1. The van der Waals surface area contributed by atoms with Crippen LogP contribution in [0.2, 0.25) is 0 Å². The molecule has 0 aliphatic carbocycles. The summed E-state index contributed by atoms with van der Waals surface area (Å²) in [6.07, 6.45) is 2.61. The van der Waals surface area contributed by atoms with E-state index in [4.69, 9.17) is 0 Å². The lowest BCUT2D eigenvalue weighted by Gasteiger charge is -2.33. The average Bonchev–Trinajstić information content (AvgIpc) is 2.46. The van der Waals surface area contributed by atoms with E-state index in [9.17, 15) is 9.18 Å². The first-order valence-electron chi connectivity index (χ1n) is 7.29. The first-order chi connectivity index (χ1) is 9.58. The number of carbonyl (C=O) groups excluding carboxylic acids is 1. The fourth-order valence-corrected chi connectivity index (χ4v) is 2.83. The van der Waals surface area contributed by atoms with Crippen molar-refractivity contribution in [1.82, 2.24) is 10.2 Å². The molecule has 1 saturated heterocycles. The molecule has 1 aromatic carbocycles. The number of nitrogens with one attached hydrogen (secondary N) is 1. The summed E-state index contributed by atoms with van der Waals surface area (Å²) in [4.78, 5) is 14.3. The van der Waals surface area contributed by atoms with Gasteiger partial charge >= 0.3 is 0 Å². The van der Waals surface area contributed by atoms with Gasteiger partial charge in [-0.1, -0.05) is 19.1 Å². The maximum Gasteiger partial charge on any atom is 0.225 e. The van der Waals surface area contributed by atoms with Crippen molar-refractivity contribution in [3.05, 3.63) is 35.6 Å². The molecule has 1 amide bonds. The van der Waals surface area contributed by atoms with Crippen LogP contribution in [0.4, 0.5) is 4.39 Å². The third-order valence-corrected chi connectivity index (χ3v) is 4.06. The van der Waals surface area contributed by atoms with Gasteiger partial charge in [0.2, 0.25) is 5.91 Å². The van der Waals surface area contributed by atoms with E-state index in [1.165, 1.54) is 12.1 Å². The normalized spacial score (nSPS) is 17.8. The van der Waals surface area contributed by atoms with Gasteiger partial charge in [0.05, 0.1) is 0 Å². The van der Waals surface area contributed by atoms with Gasteiger partial charge in [0.25, 0.3) is 0 Å². The Kier molecular flexibility index (Phi) is 5.12. The zero-order valence-corrected chi connectivity index (χ0v) is 12.2. The molecule has 0 radical (unpaired) electrons. The first-order valence-corrected chi connectivity index (χ1v) is 7.29. The number of rotatable bonds is 4. The van der Waals surface area contributed by atoms with Crippen molar-refractivity contribution < 1.29 is 9.18 Å². The predicted molar refractivity (Wildman–Crippen MR) is 77.9 cm³/mol. The van der Waals surface area contributed by atoms with Crippen LogP contribution in [0.5, 0.6) is 0 Å². The number of piperidine rings is 1. The number of halogens is 1. The zero-order valence-electron chi connectivity index (χ0n) is 12.2. The molecule has 0 bridgehead atoms. The molecule has 1 N–H and O–H groups in total. The fraction of sp³-hybridized carbons (Fsp3) is 0.562. The van der Waals surface area contributed by atoms with Crippen molar-refractivity contribution in [1.29, 1.82) is 0 Å². The van der Waals surface area contributed by atoms with Crippen LogP contribution in [0, 0.1) is 11.7 Å². The van der Waals surface area contributed by atoms with Gasteiger partial charge in [-0.2, -0.15) is 0 Å². The Bertz CT molecular complexity index is 458. The van der Waals surface area contributed by atoms with E-state index in [0.29, 0.717) is 12.5 Å². The van der Waals surface area contributed by atoms with Crippen LogP contribution in [0.15, 0.2) is 24.3 Å². The lowest BCUT2D eigenvalue weighted by molar-refractivity contribution is -0.136. The molecule has 1 fully saturated rings. The number of carbonyl (C=O) groups is 1. The lowest BCUT2D eigenvalue weighted by atomic mass is 9.97. The molecule has 1 aromatic rings. The van der Waals surface area contributed by atoms with Crippen LogP contribution in [-0.2, 0) is 11.2 Å². The van der Waals surface area contributed by atoms with Crippen LogP contribution in [-0.4, -0.2) is 37.0 Å². The first kappa shape index (κ1) is 15.0. The van der Waals surface area contributed by atoms with Gasteiger partial charge in [0.15, 0.2) is 0 Å². The SMILES string of the molecule is CC(Cc1cccc(F)c1)C(=O)N(C)C1CCNCC1. The Balaban J connectivity index is 1.93. The summed E-state index contributed by atoms with van der Waals surface area (Å²) in [6.45, 7) is 3.87. The molecule has 3 nitrogen and oxygen atoms in total. The molecule has 1 atom stereocenters. The van der Waals surface area contributed by atoms with Crippen LogP contribution in [0.25, 0.3) is 0 Å². The Labute approximate surface area is 120 Å². The molecule has 1 heterocycles. The van der Waals surface area contributed by atoms with E-state index < -0.39 is 0 Å². The van der Waals surface area contributed by atoms with E-state index in [1.807, 2.05) is 24.9 Å². The standard InChI is InChI=1S/C16H23FN2O/c1-12(10-13-4-3-5-14(17)11-13)16(20)19(2)15-6-8-18-9-7-15/h3-5,11-12,15,18H,6-10H2,1-2H3. The van der Waals surface area contributed by atoms with Gasteiger partial charge in [-0.15, -0.1) is 0 Å². The van der Waals surface area contributed by atoms with Gasteiger partial charge < -0.3 is 10.2 Å². The number of hydrogen-bond donors (Lipinski definition) is 1. The minimum absolute atomic E-state index is 0.114. The Hall–Kier alpha value is -1.42. The average molecular weight is 278 g/mol. The van der Waals surface area contributed by atoms with Crippen LogP contribution in [0.3, 0.4) is 0 Å². The second-order valence-electron chi connectivity index (χ2n) is 5.67. The molecule has 2 rings (SSSR count). The largest absolute Gasteiger partial charge is 0.342 e. The quantitative estimate of drug-likeness (QED) is 0.916. The highest BCUT2D eigenvalue weighted by Gasteiger charge is 2.25. The highest BCUT2D eigenvalue weighted by atomic mass is 19.1. The van der Waals surface area contributed by atoms with Crippen LogP contribution >= 0.6 is 0 Å². The van der Waals surface area contributed by atoms with E-state index in [-0.39, 0.29) is 17.6 Å². The number of benzene rings is 1. The summed E-state index contributed by atoms with van der Waals surface area (Å²) in [7, 11) is 1.89. The third-order valence-electron chi connectivity index (χ3n) is 4.06. The summed E-state index contributed by atoms with van der Waals surface area (Å²) in [5.41, 5.74) is 0.879. The van der Waals surface area contributed by atoms with Crippen molar-refractivity contribution in [3.63, 3.8) is 0 Å². The van der Waals surface area contributed by atoms with E-state index >= 15 is 0 Å². The van der Waals surface area contributed by atoms with Crippen molar-refractivity contribution in [2.24, 2.45) is 5.92 Å². The van der Waals surface area contributed by atoms with Gasteiger partial charge in [0, 0.05) is 19.0 Å². The maximum absolute atomic E-state index is 13.2. The predicted octanol–water partition coefficient (Wildman–Crippen LogP) is 2.21. The summed E-state index contributed by atoms with van der Waals surface area (Å²) in [5.74, 6) is -0.202. The topological polar surface area (TPSA) is 32.3 Å². The zero-order chi connectivity index (χ0) is 14.5. The fourth-order valence-electron chi connectivity index (χ4n) is 2.83. The monoisotopic (exact) mass is 278 g/mol. The molecular formula is C16H23FN2O. The molecule has 20 heavy (non-hydrogen) atoms. The molecular weight excluding hydrogens is 255 g/mol. The Morgan fingerprint density at radius 1 is 1.45 bits per heavy atom. The molecule has 110 valence electrons. The highest BCUT2D eigenvalue weighted by Crippen LogP contribution is 2.16. The van der Waals surface area contributed by atoms with Gasteiger partial charge in [-0.25, -0.2) is 4.39 Å². The van der Waals surface area contributed by atoms with Crippen molar-refractivity contribution in [3.8, 4) is 0 Å². The second kappa shape index (κ2) is 6.84. The van der Waals surface area contributed by atoms with Crippen molar-refractivity contribution >= 4 is 5.91 Å². The van der Waals surface area contributed by atoms with E-state index in [2.05, 4.69) is 5.32 Å². The Morgan fingerprint density at radius 2 is 2.15 bits per heavy atom. The lowest BCUT2D eigenvalue weighted by Crippen LogP contribution is -2.45. The summed E-state index contributed by atoms with van der Waals surface area (Å²) in [5, 5.41) is 3.30. The number of amides is 1. The van der Waals surface area contributed by atoms with Crippen molar-refractivity contribution in [2.45, 2.75) is 32.2 Å². The summed E-state index contributed by atoms with van der Waals surface area (Å²) in [6, 6.07) is 6.83. The van der Waals surface area contributed by atoms with Gasteiger partial charge in [-0.3, -0.25) is 4.79 Å². The molecule has 0 aromatic heterocycles. The summed E-state index contributed by atoms with van der Waals surface area (Å²) < 4.78 is 13.2. The molecule has 4 heteroatoms. The Morgan fingerprint density at radius 3 is 2.80 bits per heavy atom. The minimum Gasteiger partial charge on any atom is -0.342 e. The smallest absolute Gasteiger partial charge is 0.225 e. The molecule has 0 saturated carbocycles. The second-order valence-corrected chi connectivity index (χ2v) is 5.67. The van der Waals surface area contributed by atoms with Gasteiger partial charge in [-0.05, 0) is 50.0 Å². The van der Waals surface area contributed by atoms with E-state index in [1.54, 1.807) is 6.07 Å². The summed E-state index contributed by atoms with van der Waals surface area (Å²) >= 11 is 0. The van der Waals surface area contributed by atoms with Crippen molar-refractivity contribution in [2.75, 3.05) is 20.1 Å². The van der Waals surface area contributed by atoms with Gasteiger partial charge in [0.1, 0.15) is 5.82 Å². The third kappa shape index (κ3) is 3.79. The van der Waals surface area contributed by atoms with E-state index in [0.717, 1.165) is 31.5 Å². The molecule has 0 spiro atoms. The minimum atomic E-state index is -0.242. The van der Waals surface area contributed by atoms with Crippen LogP contribution in [0.1, 0.15) is 25.3 Å². The molecule has 1 aliphatic heterocycles. The molecule has 1 aliphatic rings. The maximum atomic E-state index is 13.2. The molecule has 1 unspecified atom stereocenters. The highest BCUT2D eigenvalue weighted by molar-refractivity contribution is 5.78. The number of hydrogen-bond acceptors (Lipinski definition) is 2.